The number of carboxylic acids is 1. The minimum absolute atomic E-state index is 0.260. The summed E-state index contributed by atoms with van der Waals surface area (Å²) in [6.07, 6.45) is 15.0. The first-order valence-corrected chi connectivity index (χ1v) is 7.87. The molecule has 22 heavy (non-hydrogen) atoms. The molecule has 1 rings (SSSR count). The van der Waals surface area contributed by atoms with E-state index < -0.39 is 5.97 Å². The molecule has 0 aromatic carbocycles. The molecule has 0 aromatic heterocycles. The summed E-state index contributed by atoms with van der Waals surface area (Å²) in [5.41, 5.74) is 5.09. The predicted octanol–water partition coefficient (Wildman–Crippen LogP) is 5.60. The van der Waals surface area contributed by atoms with Crippen molar-refractivity contribution in [1.29, 1.82) is 0 Å². The van der Waals surface area contributed by atoms with Gasteiger partial charge < -0.3 is 5.11 Å². The summed E-state index contributed by atoms with van der Waals surface area (Å²) in [7, 11) is 0. The van der Waals surface area contributed by atoms with Gasteiger partial charge in [0.05, 0.1) is 0 Å². The van der Waals surface area contributed by atoms with Crippen LogP contribution in [0.5, 0.6) is 0 Å². The van der Waals surface area contributed by atoms with Gasteiger partial charge in [0.1, 0.15) is 0 Å². The summed E-state index contributed by atoms with van der Waals surface area (Å²) in [6, 6.07) is 0. The van der Waals surface area contributed by atoms with E-state index in [1.807, 2.05) is 12.2 Å². The maximum absolute atomic E-state index is 10.5. The minimum Gasteiger partial charge on any atom is -0.478 e. The molecule has 0 heterocycles. The second-order valence-corrected chi connectivity index (χ2v) is 6.76. The van der Waals surface area contributed by atoms with Gasteiger partial charge in [0.15, 0.2) is 0 Å². The second-order valence-electron chi connectivity index (χ2n) is 6.76. The van der Waals surface area contributed by atoms with Gasteiger partial charge in [-0.25, -0.2) is 4.79 Å². The monoisotopic (exact) mass is 303 g/mol. The lowest BCUT2D eigenvalue weighted by molar-refractivity contribution is -0.131. The molecule has 1 N–H and O–H groups in total. The zero-order chi connectivity index (χ0) is 16.8. The third kappa shape index (κ3) is 5.88. The minimum atomic E-state index is -0.912. The molecule has 120 valence electrons. The van der Waals surface area contributed by atoms with Crippen molar-refractivity contribution < 1.29 is 9.90 Å². The van der Waals surface area contributed by atoms with E-state index in [9.17, 15) is 4.79 Å². The second kappa shape index (κ2) is 7.98. The zero-order valence-corrected chi connectivity index (χ0v) is 14.4. The highest BCUT2D eigenvalue weighted by Gasteiger charge is 2.26. The number of rotatable bonds is 5. The molecule has 0 saturated carbocycles. The van der Waals surface area contributed by atoms with E-state index in [2.05, 4.69) is 39.8 Å². The smallest absolute Gasteiger partial charge is 0.328 e. The molecule has 0 radical (unpaired) electrons. The van der Waals surface area contributed by atoms with E-state index in [1.54, 1.807) is 13.0 Å². The summed E-state index contributed by atoms with van der Waals surface area (Å²) < 4.78 is 0. The standard InChI is InChI=1S/C20H28O2/c1-15(8-6-9-16(2)14-19(21)22)11-12-18-17(3)10-7-13-20(18,4)5/h6,8-9,11-12,14H,7,10,13H2,1-5H3,(H,21,22)/b9-6+,12-11+,15-8+,16-14-/i2+1,9+1,16+1. The topological polar surface area (TPSA) is 37.3 Å². The fourth-order valence-corrected chi connectivity index (χ4v) is 2.88. The highest BCUT2D eigenvalue weighted by atomic mass is 16.4. The van der Waals surface area contributed by atoms with Crippen molar-refractivity contribution in [1.82, 2.24) is 0 Å². The van der Waals surface area contributed by atoms with Crippen molar-refractivity contribution in [2.75, 3.05) is 0 Å². The Kier molecular flexibility index (Phi) is 6.61. The van der Waals surface area contributed by atoms with E-state index in [0.717, 1.165) is 11.1 Å². The van der Waals surface area contributed by atoms with E-state index in [0.29, 0.717) is 0 Å². The lowest BCUT2D eigenvalue weighted by Gasteiger charge is -2.32. The average molecular weight is 303 g/mol. The summed E-state index contributed by atoms with van der Waals surface area (Å²) in [6.45, 7) is 10.7. The molecule has 1 aliphatic carbocycles. The first-order valence-electron chi connectivity index (χ1n) is 7.87. The molecule has 0 saturated heterocycles. The molecule has 0 unspecified atom stereocenters. The van der Waals surface area contributed by atoms with Crippen LogP contribution in [-0.4, -0.2) is 11.1 Å². The van der Waals surface area contributed by atoms with E-state index >= 15 is 0 Å². The lowest BCUT2D eigenvalue weighted by Crippen LogP contribution is -2.19. The van der Waals surface area contributed by atoms with E-state index in [4.69, 9.17) is 5.11 Å². The van der Waals surface area contributed by atoms with Crippen molar-refractivity contribution in [3.63, 3.8) is 0 Å². The molecular weight excluding hydrogens is 275 g/mol. The lowest BCUT2D eigenvalue weighted by atomic mass is 9.72. The van der Waals surface area contributed by atoms with Gasteiger partial charge in [0.25, 0.3) is 0 Å². The molecule has 1 aliphatic rings. The molecule has 0 fully saturated rings. The van der Waals surface area contributed by atoms with Crippen LogP contribution in [0.2, 0.25) is 0 Å². The number of hydrogen-bond donors (Lipinski definition) is 1. The SMILES string of the molecule is CC1=C(/C=C/C(C)=C/C=[13CH]/[13C]([13CH3])=C\C(=O)O)C(C)(C)CCC1. The highest BCUT2D eigenvalue weighted by Crippen LogP contribution is 2.40. The first-order chi connectivity index (χ1) is 10.2. The normalized spacial score (nSPS) is 20.2. The highest BCUT2D eigenvalue weighted by molar-refractivity contribution is 5.81. The van der Waals surface area contributed by atoms with Gasteiger partial charge in [-0.1, -0.05) is 55.4 Å². The van der Waals surface area contributed by atoms with Crippen LogP contribution in [0.25, 0.3) is 0 Å². The molecule has 0 spiro atoms. The van der Waals surface area contributed by atoms with Crippen LogP contribution >= 0.6 is 0 Å². The van der Waals surface area contributed by atoms with Crippen LogP contribution in [0.4, 0.5) is 0 Å². The Bertz CT molecular complexity index is 567. The summed E-state index contributed by atoms with van der Waals surface area (Å²) in [5, 5.41) is 8.65. The van der Waals surface area contributed by atoms with Crippen LogP contribution in [0, 0.1) is 5.41 Å². The average Bonchev–Trinajstić information content (AvgIpc) is 2.36. The Labute approximate surface area is 134 Å². The number of aliphatic carboxylic acids is 1. The zero-order valence-electron chi connectivity index (χ0n) is 14.4. The molecule has 0 bridgehead atoms. The van der Waals surface area contributed by atoms with Gasteiger partial charge in [-0.3, -0.25) is 0 Å². The first kappa shape index (κ1) is 18.2. The third-order valence-electron chi connectivity index (χ3n) is 4.12. The summed E-state index contributed by atoms with van der Waals surface area (Å²) in [4.78, 5) is 10.5. The van der Waals surface area contributed by atoms with Crippen LogP contribution in [0.1, 0.15) is 53.9 Å². The van der Waals surface area contributed by atoms with E-state index in [-0.39, 0.29) is 5.41 Å². The van der Waals surface area contributed by atoms with Crippen molar-refractivity contribution in [2.24, 2.45) is 5.41 Å². The quantitative estimate of drug-likeness (QED) is 0.407. The van der Waals surface area contributed by atoms with Gasteiger partial charge in [0, 0.05) is 6.08 Å². The molecule has 0 amide bonds. The fraction of sp³-hybridized carbons (Fsp3) is 0.450. The van der Waals surface area contributed by atoms with Gasteiger partial charge in [0.2, 0.25) is 0 Å². The Morgan fingerprint density at radius 2 is 1.86 bits per heavy atom. The third-order valence-corrected chi connectivity index (χ3v) is 4.12. The summed E-state index contributed by atoms with van der Waals surface area (Å²) >= 11 is 0. The molecule has 0 aliphatic heterocycles. The van der Waals surface area contributed by atoms with E-state index in [1.165, 1.54) is 36.5 Å². The number of hydrogen-bond acceptors (Lipinski definition) is 1. The maximum atomic E-state index is 10.5. The van der Waals surface area contributed by atoms with Crippen LogP contribution in [-0.2, 0) is 4.79 Å². The van der Waals surface area contributed by atoms with Crippen molar-refractivity contribution in [2.45, 2.75) is 53.9 Å². The van der Waals surface area contributed by atoms with Gasteiger partial charge >= 0.3 is 5.97 Å². The van der Waals surface area contributed by atoms with Crippen LogP contribution < -0.4 is 0 Å². The predicted molar refractivity (Wildman–Crippen MR) is 93.8 cm³/mol. The summed E-state index contributed by atoms with van der Waals surface area (Å²) in [5.74, 6) is -0.912. The molecule has 2 heteroatoms. The maximum Gasteiger partial charge on any atom is 0.328 e. The number of carboxylic acid groups (broad SMARTS) is 1. The number of allylic oxidation sites excluding steroid dienone is 9. The molecule has 0 atom stereocenters. The van der Waals surface area contributed by atoms with Crippen molar-refractivity contribution in [3.05, 3.63) is 58.7 Å². The van der Waals surface area contributed by atoms with Gasteiger partial charge in [-0.2, -0.15) is 0 Å². The van der Waals surface area contributed by atoms with Gasteiger partial charge in [-0.15, -0.1) is 0 Å². The van der Waals surface area contributed by atoms with Crippen LogP contribution in [0.15, 0.2) is 58.7 Å². The Morgan fingerprint density at radius 3 is 2.45 bits per heavy atom. The van der Waals surface area contributed by atoms with Crippen molar-refractivity contribution in [3.8, 4) is 0 Å². The van der Waals surface area contributed by atoms with Gasteiger partial charge in [-0.05, 0) is 56.6 Å². The Morgan fingerprint density at radius 1 is 1.18 bits per heavy atom. The largest absolute Gasteiger partial charge is 0.478 e. The Balaban J connectivity index is 2.79. The molecule has 2 nitrogen and oxygen atoms in total. The van der Waals surface area contributed by atoms with Crippen LogP contribution in [0.3, 0.4) is 0 Å². The Hall–Kier alpha value is -1.83. The fourth-order valence-electron chi connectivity index (χ4n) is 2.88. The van der Waals surface area contributed by atoms with Crippen molar-refractivity contribution >= 4 is 5.97 Å². The number of carbonyl (C=O) groups is 1. The molecule has 0 aromatic rings. The molecular formula is C20H28O2.